The zero-order valence-electron chi connectivity index (χ0n) is 8.66. The third-order valence-corrected chi connectivity index (χ3v) is 2.08. The Kier molecular flexibility index (Phi) is 2.78. The molecule has 0 amide bonds. The van der Waals surface area contributed by atoms with Crippen molar-refractivity contribution in [1.82, 2.24) is 20.2 Å². The second kappa shape index (κ2) is 4.40. The molecule has 0 unspecified atom stereocenters. The fraction of sp³-hybridized carbons (Fsp3) is 0.200. The first-order valence-electron chi connectivity index (χ1n) is 4.62. The Bertz CT molecular complexity index is 528. The van der Waals surface area contributed by atoms with Crippen LogP contribution in [0.2, 0.25) is 0 Å². The summed E-state index contributed by atoms with van der Waals surface area (Å²) in [5, 5.41) is 19.8. The maximum absolute atomic E-state index is 8.62. The van der Waals surface area contributed by atoms with Crippen molar-refractivity contribution in [3.05, 3.63) is 24.3 Å². The van der Waals surface area contributed by atoms with Gasteiger partial charge in [-0.1, -0.05) is 12.1 Å². The highest BCUT2D eigenvalue weighted by molar-refractivity contribution is 5.57. The van der Waals surface area contributed by atoms with Crippen molar-refractivity contribution < 1.29 is 4.74 Å². The molecule has 16 heavy (non-hydrogen) atoms. The quantitative estimate of drug-likeness (QED) is 0.759. The van der Waals surface area contributed by atoms with E-state index in [1.807, 2.05) is 30.3 Å². The van der Waals surface area contributed by atoms with Crippen LogP contribution in [-0.4, -0.2) is 27.3 Å². The van der Waals surface area contributed by atoms with E-state index in [0.717, 1.165) is 11.3 Å². The molecule has 0 radical (unpaired) electrons. The Morgan fingerprint density at radius 2 is 2.38 bits per heavy atom. The van der Waals surface area contributed by atoms with E-state index in [1.54, 1.807) is 7.11 Å². The van der Waals surface area contributed by atoms with Crippen LogP contribution in [0.15, 0.2) is 24.3 Å². The molecule has 1 heterocycles. The van der Waals surface area contributed by atoms with Crippen LogP contribution >= 0.6 is 0 Å². The van der Waals surface area contributed by atoms with Crippen molar-refractivity contribution in [2.75, 3.05) is 7.11 Å². The van der Waals surface area contributed by atoms with Gasteiger partial charge in [0.25, 0.3) is 0 Å². The summed E-state index contributed by atoms with van der Waals surface area (Å²) in [6, 6.07) is 9.36. The van der Waals surface area contributed by atoms with Crippen LogP contribution in [0.4, 0.5) is 0 Å². The second-order valence-corrected chi connectivity index (χ2v) is 3.05. The van der Waals surface area contributed by atoms with Crippen LogP contribution in [0.5, 0.6) is 5.75 Å². The lowest BCUT2D eigenvalue weighted by Crippen LogP contribution is -2.01. The lowest BCUT2D eigenvalue weighted by atomic mass is 10.2. The molecule has 0 saturated carbocycles. The van der Waals surface area contributed by atoms with Gasteiger partial charge in [0.2, 0.25) is 0 Å². The fourth-order valence-electron chi connectivity index (χ4n) is 1.35. The topological polar surface area (TPSA) is 76.6 Å². The highest BCUT2D eigenvalue weighted by Gasteiger charge is 2.08. The first-order chi connectivity index (χ1) is 7.85. The van der Waals surface area contributed by atoms with Gasteiger partial charge in [0, 0.05) is 5.56 Å². The monoisotopic (exact) mass is 215 g/mol. The van der Waals surface area contributed by atoms with Crippen molar-refractivity contribution in [2.24, 2.45) is 0 Å². The van der Waals surface area contributed by atoms with Crippen molar-refractivity contribution in [3.63, 3.8) is 0 Å². The number of aromatic nitrogens is 4. The zero-order valence-corrected chi connectivity index (χ0v) is 8.66. The summed E-state index contributed by atoms with van der Waals surface area (Å²) in [6.45, 7) is 0.125. The minimum absolute atomic E-state index is 0.125. The summed E-state index contributed by atoms with van der Waals surface area (Å²) in [5.74, 6) is 1.28. The second-order valence-electron chi connectivity index (χ2n) is 3.05. The molecule has 0 bridgehead atoms. The molecule has 0 aliphatic carbocycles. The Labute approximate surface area is 92.1 Å². The number of tetrazole rings is 1. The van der Waals surface area contributed by atoms with Crippen LogP contribution in [0.25, 0.3) is 11.4 Å². The number of ether oxygens (including phenoxy) is 1. The first-order valence-corrected chi connectivity index (χ1v) is 4.62. The summed E-state index contributed by atoms with van der Waals surface area (Å²) in [5.41, 5.74) is 0.819. The van der Waals surface area contributed by atoms with Crippen LogP contribution in [0.1, 0.15) is 0 Å². The number of nitrogens with zero attached hydrogens (tertiary/aromatic N) is 5. The van der Waals surface area contributed by atoms with Gasteiger partial charge >= 0.3 is 0 Å². The van der Waals surface area contributed by atoms with E-state index < -0.39 is 0 Å². The summed E-state index contributed by atoms with van der Waals surface area (Å²) in [4.78, 5) is 0. The smallest absolute Gasteiger partial charge is 0.183 e. The highest BCUT2D eigenvalue weighted by Crippen LogP contribution is 2.20. The zero-order chi connectivity index (χ0) is 11.4. The Morgan fingerprint density at radius 3 is 3.12 bits per heavy atom. The molecule has 6 heteroatoms. The third-order valence-electron chi connectivity index (χ3n) is 2.08. The van der Waals surface area contributed by atoms with Gasteiger partial charge in [-0.15, -0.1) is 5.10 Å². The number of rotatable bonds is 3. The van der Waals surface area contributed by atoms with Crippen LogP contribution in [0.3, 0.4) is 0 Å². The van der Waals surface area contributed by atoms with Crippen molar-refractivity contribution in [2.45, 2.75) is 6.54 Å². The van der Waals surface area contributed by atoms with E-state index >= 15 is 0 Å². The predicted octanol–water partition coefficient (Wildman–Crippen LogP) is 0.872. The number of methoxy groups -OCH3 is 1. The van der Waals surface area contributed by atoms with Crippen molar-refractivity contribution in [1.29, 1.82) is 5.26 Å². The third kappa shape index (κ3) is 1.83. The maximum Gasteiger partial charge on any atom is 0.183 e. The minimum atomic E-state index is 0.125. The van der Waals surface area contributed by atoms with E-state index in [-0.39, 0.29) is 6.54 Å². The number of hydrogen-bond acceptors (Lipinski definition) is 5. The highest BCUT2D eigenvalue weighted by atomic mass is 16.5. The average Bonchev–Trinajstić information content (AvgIpc) is 2.78. The van der Waals surface area contributed by atoms with Gasteiger partial charge in [-0.3, -0.25) is 0 Å². The molecule has 6 nitrogen and oxygen atoms in total. The Morgan fingerprint density at radius 1 is 1.50 bits per heavy atom. The summed E-state index contributed by atoms with van der Waals surface area (Å²) in [6.07, 6.45) is 0. The van der Waals surface area contributed by atoms with Gasteiger partial charge in [-0.2, -0.15) is 5.26 Å². The fourth-order valence-corrected chi connectivity index (χ4v) is 1.35. The lowest BCUT2D eigenvalue weighted by molar-refractivity contribution is 0.415. The van der Waals surface area contributed by atoms with Crippen LogP contribution < -0.4 is 4.74 Å². The molecule has 80 valence electrons. The van der Waals surface area contributed by atoms with Gasteiger partial charge < -0.3 is 4.74 Å². The first kappa shape index (κ1) is 10.1. The summed E-state index contributed by atoms with van der Waals surface area (Å²) in [7, 11) is 1.59. The van der Waals surface area contributed by atoms with E-state index in [4.69, 9.17) is 10.00 Å². The normalized spacial score (nSPS) is 9.75. The standard InChI is InChI=1S/C10H9N5O/c1-16-9-4-2-3-8(7-9)10-12-13-14-15(10)6-5-11/h2-4,7H,6H2,1H3. The van der Waals surface area contributed by atoms with Gasteiger partial charge in [-0.05, 0) is 22.6 Å². The van der Waals surface area contributed by atoms with Gasteiger partial charge in [0.05, 0.1) is 13.2 Å². The molecular weight excluding hydrogens is 206 g/mol. The van der Waals surface area contributed by atoms with Crippen molar-refractivity contribution in [3.8, 4) is 23.2 Å². The number of benzene rings is 1. The number of hydrogen-bond donors (Lipinski definition) is 0. The number of nitriles is 1. The van der Waals surface area contributed by atoms with Crippen LogP contribution in [0, 0.1) is 11.3 Å². The van der Waals surface area contributed by atoms with Gasteiger partial charge in [0.15, 0.2) is 5.82 Å². The molecule has 0 saturated heterocycles. The van der Waals surface area contributed by atoms with E-state index in [9.17, 15) is 0 Å². The average molecular weight is 215 g/mol. The Hall–Kier alpha value is -2.42. The van der Waals surface area contributed by atoms with E-state index in [0.29, 0.717) is 5.82 Å². The molecule has 1 aromatic carbocycles. The SMILES string of the molecule is COc1cccc(-c2nnnn2CC#N)c1. The molecule has 0 spiro atoms. The molecule has 2 aromatic rings. The molecular formula is C10H9N5O. The maximum atomic E-state index is 8.62. The van der Waals surface area contributed by atoms with Crippen LogP contribution in [-0.2, 0) is 6.54 Å². The molecule has 1 aromatic heterocycles. The van der Waals surface area contributed by atoms with Gasteiger partial charge in [0.1, 0.15) is 12.3 Å². The van der Waals surface area contributed by atoms with E-state index in [1.165, 1.54) is 4.68 Å². The summed E-state index contributed by atoms with van der Waals surface area (Å²) < 4.78 is 6.55. The lowest BCUT2D eigenvalue weighted by Gasteiger charge is -2.03. The van der Waals surface area contributed by atoms with Crippen molar-refractivity contribution >= 4 is 0 Å². The largest absolute Gasteiger partial charge is 0.497 e. The van der Waals surface area contributed by atoms with Gasteiger partial charge in [-0.25, -0.2) is 4.68 Å². The summed E-state index contributed by atoms with van der Waals surface area (Å²) >= 11 is 0. The predicted molar refractivity (Wildman–Crippen MR) is 55.4 cm³/mol. The molecule has 0 atom stereocenters. The molecule has 0 aliphatic heterocycles. The Balaban J connectivity index is 2.42. The molecule has 2 rings (SSSR count). The molecule has 0 N–H and O–H groups in total. The molecule has 0 fully saturated rings. The minimum Gasteiger partial charge on any atom is -0.497 e. The van der Waals surface area contributed by atoms with E-state index in [2.05, 4.69) is 15.5 Å². The molecule has 0 aliphatic rings.